The number of rotatable bonds is 3. The van der Waals surface area contributed by atoms with Gasteiger partial charge in [-0.3, -0.25) is 0 Å². The first kappa shape index (κ1) is 12.7. The van der Waals surface area contributed by atoms with E-state index in [-0.39, 0.29) is 0 Å². The van der Waals surface area contributed by atoms with Crippen LogP contribution in [0.15, 0.2) is 23.8 Å². The quantitative estimate of drug-likeness (QED) is 0.517. The largest absolute Gasteiger partial charge is 0.411 e. The van der Waals surface area contributed by atoms with Crippen molar-refractivity contribution in [2.45, 2.75) is 52.4 Å². The van der Waals surface area contributed by atoms with Gasteiger partial charge in [-0.2, -0.15) is 0 Å². The van der Waals surface area contributed by atoms with Crippen LogP contribution in [0.5, 0.6) is 0 Å². The molecule has 1 aliphatic carbocycles. The Kier molecular flexibility index (Phi) is 3.96. The average molecular weight is 224 g/mol. The number of hydrogen-bond donors (Lipinski definition) is 0. The molecule has 15 heavy (non-hydrogen) atoms. The summed E-state index contributed by atoms with van der Waals surface area (Å²) in [7, 11) is -1.42. The summed E-state index contributed by atoms with van der Waals surface area (Å²) in [4.78, 5) is 0. The minimum Gasteiger partial charge on any atom is -0.411 e. The SMILES string of the molecule is C=C(C)[C@@H]1CC=C(C)C(O[Si](C)(C)C)C1. The summed E-state index contributed by atoms with van der Waals surface area (Å²) < 4.78 is 6.20. The minimum atomic E-state index is -1.42. The summed E-state index contributed by atoms with van der Waals surface area (Å²) in [5.41, 5.74) is 2.71. The van der Waals surface area contributed by atoms with Crippen molar-refractivity contribution in [3.8, 4) is 0 Å². The van der Waals surface area contributed by atoms with E-state index in [1.54, 1.807) is 0 Å². The highest BCUT2D eigenvalue weighted by atomic mass is 28.4. The van der Waals surface area contributed by atoms with Crippen molar-refractivity contribution in [2.75, 3.05) is 0 Å². The maximum Gasteiger partial charge on any atom is 0.184 e. The van der Waals surface area contributed by atoms with Crippen LogP contribution in [0.4, 0.5) is 0 Å². The summed E-state index contributed by atoms with van der Waals surface area (Å²) in [5.74, 6) is 0.620. The third-order valence-corrected chi connectivity index (χ3v) is 3.92. The standard InChI is InChI=1S/C13H24OSi/c1-10(2)12-8-7-11(3)13(9-12)14-15(4,5)6/h7,12-13H,1,8-9H2,2-6H3/t12-,13?/m1/s1. The molecular formula is C13H24OSi. The van der Waals surface area contributed by atoms with E-state index < -0.39 is 8.32 Å². The summed E-state index contributed by atoms with van der Waals surface area (Å²) in [6.07, 6.45) is 4.94. The highest BCUT2D eigenvalue weighted by Crippen LogP contribution is 2.31. The first-order valence-electron chi connectivity index (χ1n) is 5.79. The first-order valence-corrected chi connectivity index (χ1v) is 9.20. The fraction of sp³-hybridized carbons (Fsp3) is 0.692. The fourth-order valence-electron chi connectivity index (χ4n) is 1.97. The van der Waals surface area contributed by atoms with Crippen molar-refractivity contribution < 1.29 is 4.43 Å². The summed E-state index contributed by atoms with van der Waals surface area (Å²) in [6.45, 7) is 15.1. The van der Waals surface area contributed by atoms with Crippen molar-refractivity contribution >= 4 is 8.32 Å². The van der Waals surface area contributed by atoms with Crippen LogP contribution < -0.4 is 0 Å². The highest BCUT2D eigenvalue weighted by molar-refractivity contribution is 6.69. The fourth-order valence-corrected chi connectivity index (χ4v) is 3.11. The molecule has 0 saturated carbocycles. The highest BCUT2D eigenvalue weighted by Gasteiger charge is 2.27. The van der Waals surface area contributed by atoms with Crippen LogP contribution in [0.2, 0.25) is 19.6 Å². The molecule has 0 aromatic rings. The Bertz CT molecular complexity index is 273. The first-order chi connectivity index (χ1) is 6.79. The second kappa shape index (κ2) is 4.66. The van der Waals surface area contributed by atoms with Crippen LogP contribution >= 0.6 is 0 Å². The van der Waals surface area contributed by atoms with Crippen molar-refractivity contribution in [3.05, 3.63) is 23.8 Å². The molecule has 0 fully saturated rings. The second-order valence-corrected chi connectivity index (χ2v) is 10.1. The zero-order valence-corrected chi connectivity index (χ0v) is 11.8. The lowest BCUT2D eigenvalue weighted by molar-refractivity contribution is 0.192. The monoisotopic (exact) mass is 224 g/mol. The zero-order valence-electron chi connectivity index (χ0n) is 10.8. The van der Waals surface area contributed by atoms with Crippen LogP contribution in [-0.2, 0) is 4.43 Å². The molecule has 86 valence electrons. The molecule has 0 heterocycles. The molecule has 0 spiro atoms. The van der Waals surface area contributed by atoms with E-state index in [9.17, 15) is 0 Å². The topological polar surface area (TPSA) is 9.23 Å². The average Bonchev–Trinajstić information content (AvgIpc) is 2.06. The maximum absolute atomic E-state index is 6.20. The summed E-state index contributed by atoms with van der Waals surface area (Å²) in [6, 6.07) is 0. The molecule has 0 aromatic carbocycles. The van der Waals surface area contributed by atoms with Crippen molar-refractivity contribution in [2.24, 2.45) is 5.92 Å². The minimum absolute atomic E-state index is 0.340. The maximum atomic E-state index is 6.20. The van der Waals surface area contributed by atoms with Crippen molar-refractivity contribution in [1.82, 2.24) is 0 Å². The van der Waals surface area contributed by atoms with Gasteiger partial charge in [-0.15, -0.1) is 0 Å². The van der Waals surface area contributed by atoms with Gasteiger partial charge in [0.2, 0.25) is 0 Å². The predicted molar refractivity (Wildman–Crippen MR) is 69.5 cm³/mol. The molecule has 1 unspecified atom stereocenters. The molecule has 0 radical (unpaired) electrons. The van der Waals surface area contributed by atoms with Gasteiger partial charge in [-0.05, 0) is 57.8 Å². The molecule has 0 saturated heterocycles. The Morgan fingerprint density at radius 3 is 2.53 bits per heavy atom. The third kappa shape index (κ3) is 3.96. The van der Waals surface area contributed by atoms with Gasteiger partial charge in [0.25, 0.3) is 0 Å². The van der Waals surface area contributed by atoms with E-state index in [2.05, 4.69) is 46.1 Å². The van der Waals surface area contributed by atoms with Crippen LogP contribution in [0, 0.1) is 5.92 Å². The molecule has 2 atom stereocenters. The number of allylic oxidation sites excluding steroid dienone is 2. The van der Waals surface area contributed by atoms with E-state index in [0.717, 1.165) is 12.8 Å². The lowest BCUT2D eigenvalue weighted by Gasteiger charge is -2.33. The summed E-state index contributed by atoms with van der Waals surface area (Å²) >= 11 is 0. The van der Waals surface area contributed by atoms with Gasteiger partial charge in [-0.25, -0.2) is 0 Å². The van der Waals surface area contributed by atoms with Gasteiger partial charge in [0.05, 0.1) is 6.10 Å². The molecule has 0 bridgehead atoms. The van der Waals surface area contributed by atoms with Gasteiger partial charge in [0.15, 0.2) is 8.32 Å². The third-order valence-electron chi connectivity index (χ3n) is 2.92. The zero-order chi connectivity index (χ0) is 11.6. The normalized spacial score (nSPS) is 27.4. The van der Waals surface area contributed by atoms with Gasteiger partial charge in [0.1, 0.15) is 0 Å². The van der Waals surface area contributed by atoms with Crippen LogP contribution in [0.3, 0.4) is 0 Å². The van der Waals surface area contributed by atoms with Crippen molar-refractivity contribution in [1.29, 1.82) is 0 Å². The Labute approximate surface area is 95.4 Å². The van der Waals surface area contributed by atoms with E-state index in [0.29, 0.717) is 12.0 Å². The molecular weight excluding hydrogens is 200 g/mol. The lowest BCUT2D eigenvalue weighted by atomic mass is 9.84. The van der Waals surface area contributed by atoms with Crippen molar-refractivity contribution in [3.63, 3.8) is 0 Å². The van der Waals surface area contributed by atoms with Gasteiger partial charge >= 0.3 is 0 Å². The molecule has 2 heteroatoms. The Morgan fingerprint density at radius 1 is 1.47 bits per heavy atom. The van der Waals surface area contributed by atoms with Crippen LogP contribution in [0.25, 0.3) is 0 Å². The summed E-state index contributed by atoms with van der Waals surface area (Å²) in [5, 5.41) is 0. The van der Waals surface area contributed by atoms with E-state index in [1.165, 1.54) is 11.1 Å². The Morgan fingerprint density at radius 2 is 2.07 bits per heavy atom. The molecule has 1 rings (SSSR count). The second-order valence-electron chi connectivity index (χ2n) is 5.68. The molecule has 0 amide bonds. The smallest absolute Gasteiger partial charge is 0.184 e. The van der Waals surface area contributed by atoms with E-state index >= 15 is 0 Å². The molecule has 1 nitrogen and oxygen atoms in total. The molecule has 0 aliphatic heterocycles. The molecule has 0 aromatic heterocycles. The molecule has 1 aliphatic rings. The van der Waals surface area contributed by atoms with Crippen LogP contribution in [-0.4, -0.2) is 14.4 Å². The Hall–Kier alpha value is -0.343. The van der Waals surface area contributed by atoms with Gasteiger partial charge in [-0.1, -0.05) is 18.2 Å². The Balaban J connectivity index is 2.68. The van der Waals surface area contributed by atoms with Gasteiger partial charge in [0, 0.05) is 0 Å². The van der Waals surface area contributed by atoms with E-state index in [4.69, 9.17) is 4.43 Å². The van der Waals surface area contributed by atoms with Gasteiger partial charge < -0.3 is 4.43 Å². The molecule has 0 N–H and O–H groups in total. The predicted octanol–water partition coefficient (Wildman–Crippen LogP) is 4.14. The number of hydrogen-bond acceptors (Lipinski definition) is 1. The lowest BCUT2D eigenvalue weighted by Crippen LogP contribution is -2.35. The van der Waals surface area contributed by atoms with E-state index in [1.807, 2.05) is 0 Å². The van der Waals surface area contributed by atoms with Crippen LogP contribution in [0.1, 0.15) is 26.7 Å².